The van der Waals surface area contributed by atoms with Gasteiger partial charge in [-0.25, -0.2) is 0 Å². The lowest BCUT2D eigenvalue weighted by molar-refractivity contribution is 0.231. The molecule has 0 amide bonds. The largest absolute Gasteiger partial charge is 0.338 e. The lowest BCUT2D eigenvalue weighted by Gasteiger charge is -2.20. The molecule has 3 aromatic heterocycles. The summed E-state index contributed by atoms with van der Waals surface area (Å²) in [6.45, 7) is 6.10. The van der Waals surface area contributed by atoms with Crippen LogP contribution in [0.4, 0.5) is 0 Å². The van der Waals surface area contributed by atoms with Gasteiger partial charge in [0.05, 0.1) is 24.5 Å². The molecule has 3 rings (SSSR count). The van der Waals surface area contributed by atoms with Crippen molar-refractivity contribution >= 4 is 0 Å². The van der Waals surface area contributed by atoms with Crippen LogP contribution in [0.5, 0.6) is 0 Å². The number of hydrogen-bond donors (Lipinski definition) is 1. The topological polar surface area (TPSA) is 94.0 Å². The first-order valence-electron chi connectivity index (χ1n) is 8.21. The molecule has 0 aromatic carbocycles. The summed E-state index contributed by atoms with van der Waals surface area (Å²) in [7, 11) is 0. The Morgan fingerprint density at radius 1 is 0.880 bits per heavy atom. The summed E-state index contributed by atoms with van der Waals surface area (Å²) in [5.74, 6) is 1.05. The Kier molecular flexibility index (Phi) is 5.47. The van der Waals surface area contributed by atoms with Crippen LogP contribution in [0.15, 0.2) is 40.9 Å². The van der Waals surface area contributed by atoms with Gasteiger partial charge in [0, 0.05) is 24.5 Å². The number of pyridine rings is 2. The van der Waals surface area contributed by atoms with Crippen LogP contribution in [0.25, 0.3) is 0 Å². The fourth-order valence-electron chi connectivity index (χ4n) is 2.64. The maximum atomic E-state index is 5.54. The highest BCUT2D eigenvalue weighted by Gasteiger charge is 2.14. The van der Waals surface area contributed by atoms with Gasteiger partial charge in [0.2, 0.25) is 5.89 Å². The van der Waals surface area contributed by atoms with Crippen molar-refractivity contribution in [2.75, 3.05) is 0 Å². The number of aromatic nitrogens is 4. The van der Waals surface area contributed by atoms with Gasteiger partial charge in [-0.15, -0.1) is 0 Å². The lowest BCUT2D eigenvalue weighted by Crippen LogP contribution is -2.24. The van der Waals surface area contributed by atoms with Gasteiger partial charge in [0.1, 0.15) is 0 Å². The van der Waals surface area contributed by atoms with Crippen LogP contribution in [-0.4, -0.2) is 25.0 Å². The Labute approximate surface area is 146 Å². The molecule has 3 aromatic rings. The number of aryl methyl sites for hydroxylation is 2. The van der Waals surface area contributed by atoms with Gasteiger partial charge in [-0.05, 0) is 38.1 Å². The fraction of sp³-hybridized carbons (Fsp3) is 0.333. The number of hydrogen-bond acceptors (Lipinski definition) is 7. The molecule has 7 heteroatoms. The van der Waals surface area contributed by atoms with Crippen LogP contribution in [-0.2, 0) is 26.2 Å². The van der Waals surface area contributed by atoms with Gasteiger partial charge in [0.15, 0.2) is 5.82 Å². The second-order valence-corrected chi connectivity index (χ2v) is 5.99. The zero-order valence-electron chi connectivity index (χ0n) is 14.5. The summed E-state index contributed by atoms with van der Waals surface area (Å²) in [4.78, 5) is 15.7. The second-order valence-electron chi connectivity index (χ2n) is 5.99. The van der Waals surface area contributed by atoms with E-state index in [-0.39, 0.29) is 6.54 Å². The van der Waals surface area contributed by atoms with Crippen LogP contribution in [0, 0.1) is 13.8 Å². The third-order valence-electron chi connectivity index (χ3n) is 3.71. The molecule has 0 aliphatic heterocycles. The molecule has 0 bridgehead atoms. The minimum atomic E-state index is 0.242. The highest BCUT2D eigenvalue weighted by atomic mass is 16.5. The summed E-state index contributed by atoms with van der Waals surface area (Å²) < 4.78 is 5.11. The Bertz CT molecular complexity index is 784. The molecule has 25 heavy (non-hydrogen) atoms. The van der Waals surface area contributed by atoms with Crippen molar-refractivity contribution < 1.29 is 4.52 Å². The average Bonchev–Trinajstić information content (AvgIpc) is 3.02. The number of nitrogens with zero attached hydrogens (tertiary/aromatic N) is 5. The van der Waals surface area contributed by atoms with E-state index in [0.717, 1.165) is 22.8 Å². The minimum absolute atomic E-state index is 0.242. The third kappa shape index (κ3) is 4.91. The second kappa shape index (κ2) is 7.96. The SMILES string of the molecule is Cc1cccc(CN(Cc2cccc(C)n2)Cc2noc(CN)n2)n1. The minimum Gasteiger partial charge on any atom is -0.338 e. The Morgan fingerprint density at radius 3 is 1.96 bits per heavy atom. The van der Waals surface area contributed by atoms with Gasteiger partial charge in [-0.1, -0.05) is 17.3 Å². The molecule has 0 atom stereocenters. The molecule has 3 heterocycles. The molecule has 0 saturated heterocycles. The van der Waals surface area contributed by atoms with Crippen LogP contribution in [0.1, 0.15) is 34.5 Å². The lowest BCUT2D eigenvalue weighted by atomic mass is 10.2. The highest BCUT2D eigenvalue weighted by Crippen LogP contribution is 2.12. The first kappa shape index (κ1) is 17.2. The predicted octanol–water partition coefficient (Wildman–Crippen LogP) is 2.14. The molecule has 0 spiro atoms. The van der Waals surface area contributed by atoms with E-state index in [1.54, 1.807) is 0 Å². The first-order chi connectivity index (χ1) is 12.1. The average molecular weight is 338 g/mol. The highest BCUT2D eigenvalue weighted by molar-refractivity contribution is 5.12. The Morgan fingerprint density at radius 2 is 1.48 bits per heavy atom. The maximum Gasteiger partial charge on any atom is 0.240 e. The molecule has 7 nitrogen and oxygen atoms in total. The Balaban J connectivity index is 1.79. The van der Waals surface area contributed by atoms with Crippen LogP contribution in [0.3, 0.4) is 0 Å². The van der Waals surface area contributed by atoms with Crippen molar-refractivity contribution in [2.45, 2.75) is 40.0 Å². The van der Waals surface area contributed by atoms with E-state index < -0.39 is 0 Å². The molecule has 0 aliphatic rings. The summed E-state index contributed by atoms with van der Waals surface area (Å²) in [5.41, 5.74) is 9.53. The van der Waals surface area contributed by atoms with Crippen molar-refractivity contribution in [3.63, 3.8) is 0 Å². The van der Waals surface area contributed by atoms with E-state index in [2.05, 4.69) is 25.0 Å². The van der Waals surface area contributed by atoms with Crippen molar-refractivity contribution in [2.24, 2.45) is 5.73 Å². The summed E-state index contributed by atoms with van der Waals surface area (Å²) in [5, 5.41) is 4.00. The van der Waals surface area contributed by atoms with Crippen molar-refractivity contribution in [1.82, 2.24) is 25.0 Å². The van der Waals surface area contributed by atoms with Gasteiger partial charge in [-0.3, -0.25) is 14.9 Å². The molecule has 130 valence electrons. The van der Waals surface area contributed by atoms with Crippen molar-refractivity contribution in [3.05, 3.63) is 70.9 Å². The van der Waals surface area contributed by atoms with E-state index in [1.165, 1.54) is 0 Å². The maximum absolute atomic E-state index is 5.54. The van der Waals surface area contributed by atoms with E-state index in [0.29, 0.717) is 31.3 Å². The molecule has 0 aliphatic carbocycles. The number of rotatable bonds is 7. The van der Waals surface area contributed by atoms with Gasteiger partial charge in [-0.2, -0.15) is 4.98 Å². The predicted molar refractivity (Wildman–Crippen MR) is 93.1 cm³/mol. The standard InChI is InChI=1S/C18H22N6O/c1-13-5-3-7-15(20-13)10-24(11-16-8-4-6-14(2)21-16)12-17-22-18(9-19)25-23-17/h3-8H,9-12,19H2,1-2H3. The molecular formula is C18H22N6O. The third-order valence-corrected chi connectivity index (χ3v) is 3.71. The Hall–Kier alpha value is -2.64. The van der Waals surface area contributed by atoms with Crippen LogP contribution < -0.4 is 5.73 Å². The molecular weight excluding hydrogens is 316 g/mol. The van der Waals surface area contributed by atoms with Gasteiger partial charge in [0.25, 0.3) is 0 Å². The molecule has 0 unspecified atom stereocenters. The zero-order valence-corrected chi connectivity index (χ0v) is 14.5. The smallest absolute Gasteiger partial charge is 0.240 e. The van der Waals surface area contributed by atoms with Gasteiger partial charge < -0.3 is 10.3 Å². The van der Waals surface area contributed by atoms with Crippen molar-refractivity contribution in [3.8, 4) is 0 Å². The first-order valence-corrected chi connectivity index (χ1v) is 8.21. The molecule has 0 saturated carbocycles. The summed E-state index contributed by atoms with van der Waals surface area (Å²) in [6.07, 6.45) is 0. The monoisotopic (exact) mass is 338 g/mol. The van der Waals surface area contributed by atoms with Crippen molar-refractivity contribution in [1.29, 1.82) is 0 Å². The van der Waals surface area contributed by atoms with Crippen LogP contribution >= 0.6 is 0 Å². The van der Waals surface area contributed by atoms with E-state index in [9.17, 15) is 0 Å². The van der Waals surface area contributed by atoms with Crippen LogP contribution in [0.2, 0.25) is 0 Å². The molecule has 0 fully saturated rings. The van der Waals surface area contributed by atoms with E-state index in [1.807, 2.05) is 50.2 Å². The zero-order chi connectivity index (χ0) is 17.6. The van der Waals surface area contributed by atoms with E-state index in [4.69, 9.17) is 10.3 Å². The summed E-state index contributed by atoms with van der Waals surface area (Å²) in [6, 6.07) is 12.0. The fourth-order valence-corrected chi connectivity index (χ4v) is 2.64. The molecule has 0 radical (unpaired) electrons. The van der Waals surface area contributed by atoms with Gasteiger partial charge >= 0.3 is 0 Å². The number of nitrogens with two attached hydrogens (primary N) is 1. The summed E-state index contributed by atoms with van der Waals surface area (Å²) >= 11 is 0. The quantitative estimate of drug-likeness (QED) is 0.705. The van der Waals surface area contributed by atoms with E-state index >= 15 is 0 Å². The molecule has 2 N–H and O–H groups in total. The normalized spacial score (nSPS) is 11.2.